The second-order valence-corrected chi connectivity index (χ2v) is 2.48. The van der Waals surface area contributed by atoms with Crippen LogP contribution in [0.1, 0.15) is 5.82 Å². The van der Waals surface area contributed by atoms with Gasteiger partial charge in [-0.25, -0.2) is 9.97 Å². The molecule has 54 valence electrons. The van der Waals surface area contributed by atoms with E-state index >= 15 is 0 Å². The topological polar surface area (TPSA) is 51.8 Å². The third-order valence-electron chi connectivity index (χ3n) is 0.964. The lowest BCUT2D eigenvalue weighted by atomic mass is 11.1. The van der Waals surface area contributed by atoms with Crippen LogP contribution in [0, 0.1) is 6.92 Å². The predicted octanol–water partition coefficient (Wildman–Crippen LogP) is 1.67. The maximum atomic E-state index is 5.56. The molecule has 0 aromatic carbocycles. The summed E-state index contributed by atoms with van der Waals surface area (Å²) in [5.41, 5.74) is 5.59. The Morgan fingerprint density at radius 2 is 1.70 bits per heavy atom. The zero-order valence-corrected chi connectivity index (χ0v) is 6.74. The molecule has 0 aliphatic carbocycles. The van der Waals surface area contributed by atoms with Gasteiger partial charge in [0.25, 0.3) is 0 Å². The summed E-state index contributed by atoms with van der Waals surface area (Å²) in [6.07, 6.45) is 0. The molecular formula is C5H5Cl2N3. The van der Waals surface area contributed by atoms with Crippen LogP contribution < -0.4 is 5.73 Å². The summed E-state index contributed by atoms with van der Waals surface area (Å²) in [5, 5.41) is 0.412. The molecule has 0 amide bonds. The molecule has 10 heavy (non-hydrogen) atoms. The number of aromatic nitrogens is 2. The van der Waals surface area contributed by atoms with Crippen molar-refractivity contribution in [2.24, 2.45) is 0 Å². The van der Waals surface area contributed by atoms with Gasteiger partial charge in [-0.3, -0.25) is 0 Å². The minimum atomic E-state index is 0.206. The summed E-state index contributed by atoms with van der Waals surface area (Å²) in [5.74, 6) is 0.518. The van der Waals surface area contributed by atoms with Gasteiger partial charge in [0.2, 0.25) is 0 Å². The Hall–Kier alpha value is -0.540. The summed E-state index contributed by atoms with van der Waals surface area (Å²) in [7, 11) is 0. The molecule has 1 aromatic heterocycles. The first-order valence-electron chi connectivity index (χ1n) is 2.56. The van der Waals surface area contributed by atoms with Crippen molar-refractivity contribution in [1.82, 2.24) is 9.97 Å². The van der Waals surface area contributed by atoms with E-state index in [-0.39, 0.29) is 16.0 Å². The van der Waals surface area contributed by atoms with Gasteiger partial charge < -0.3 is 5.73 Å². The van der Waals surface area contributed by atoms with Crippen LogP contribution in [0.15, 0.2) is 0 Å². The van der Waals surface area contributed by atoms with Crippen molar-refractivity contribution in [3.05, 3.63) is 16.1 Å². The Labute approximate surface area is 68.2 Å². The van der Waals surface area contributed by atoms with Gasteiger partial charge in [-0.1, -0.05) is 23.2 Å². The minimum absolute atomic E-state index is 0.206. The van der Waals surface area contributed by atoms with Crippen molar-refractivity contribution < 1.29 is 0 Å². The van der Waals surface area contributed by atoms with Gasteiger partial charge in [0.05, 0.1) is 0 Å². The Bertz CT molecular complexity index is 238. The molecular weight excluding hydrogens is 179 g/mol. The van der Waals surface area contributed by atoms with E-state index in [1.807, 2.05) is 0 Å². The lowest BCUT2D eigenvalue weighted by Gasteiger charge is -1.98. The third-order valence-corrected chi connectivity index (χ3v) is 1.54. The maximum Gasteiger partial charge on any atom is 0.157 e. The molecule has 0 aliphatic heterocycles. The van der Waals surface area contributed by atoms with Gasteiger partial charge in [0.15, 0.2) is 10.3 Å². The van der Waals surface area contributed by atoms with Gasteiger partial charge in [-0.2, -0.15) is 0 Å². The molecule has 0 fully saturated rings. The largest absolute Gasteiger partial charge is 0.394 e. The van der Waals surface area contributed by atoms with Gasteiger partial charge >= 0.3 is 0 Å². The van der Waals surface area contributed by atoms with Crippen molar-refractivity contribution in [2.75, 3.05) is 5.73 Å². The van der Waals surface area contributed by atoms with Crippen molar-refractivity contribution in [3.8, 4) is 0 Å². The molecule has 1 heterocycles. The fraction of sp³-hybridized carbons (Fsp3) is 0.200. The van der Waals surface area contributed by atoms with Crippen molar-refractivity contribution in [1.29, 1.82) is 0 Å². The van der Waals surface area contributed by atoms with E-state index in [0.717, 1.165) is 0 Å². The normalized spacial score (nSPS) is 9.90. The van der Waals surface area contributed by atoms with Crippen LogP contribution in [-0.4, -0.2) is 9.97 Å². The monoisotopic (exact) mass is 183 g/mol. The number of aryl methyl sites for hydroxylation is 1. The second kappa shape index (κ2) is 2.60. The first-order valence-corrected chi connectivity index (χ1v) is 3.32. The minimum Gasteiger partial charge on any atom is -0.394 e. The van der Waals surface area contributed by atoms with Crippen LogP contribution in [0.2, 0.25) is 10.3 Å². The van der Waals surface area contributed by atoms with Gasteiger partial charge in [-0.05, 0) is 6.92 Å². The summed E-state index contributed by atoms with van der Waals surface area (Å²) in [6, 6.07) is 0. The van der Waals surface area contributed by atoms with Crippen LogP contribution in [0.3, 0.4) is 0 Å². The smallest absolute Gasteiger partial charge is 0.157 e. The number of nitrogens with two attached hydrogens (primary N) is 1. The zero-order chi connectivity index (χ0) is 7.72. The van der Waals surface area contributed by atoms with E-state index in [0.29, 0.717) is 5.82 Å². The van der Waals surface area contributed by atoms with Crippen LogP contribution in [0.4, 0.5) is 5.69 Å². The number of anilines is 1. The van der Waals surface area contributed by atoms with E-state index in [1.54, 1.807) is 6.92 Å². The number of hydrogen-bond acceptors (Lipinski definition) is 3. The Kier molecular flexibility index (Phi) is 1.97. The highest BCUT2D eigenvalue weighted by Crippen LogP contribution is 2.22. The molecule has 0 atom stereocenters. The SMILES string of the molecule is C[14c]1n[14c](Cl)c(N)[14c](Cl)n1. The number of nitrogen functional groups attached to an aromatic ring is 1. The molecule has 0 unspecified atom stereocenters. The highest BCUT2D eigenvalue weighted by Gasteiger charge is 2.04. The van der Waals surface area contributed by atoms with Crippen LogP contribution in [0.25, 0.3) is 0 Å². The average Bonchev–Trinajstić information content (AvgIpc) is 1.82. The van der Waals surface area contributed by atoms with Crippen molar-refractivity contribution in [3.63, 3.8) is 0 Å². The summed E-state index contributed by atoms with van der Waals surface area (Å²) >= 11 is 11.1. The number of rotatable bonds is 0. The quantitative estimate of drug-likeness (QED) is 0.624. The van der Waals surface area contributed by atoms with E-state index < -0.39 is 0 Å². The highest BCUT2D eigenvalue weighted by atomic mass is 35.5. The first kappa shape index (κ1) is 7.57. The predicted molar refractivity (Wildman–Crippen MR) is 41.2 cm³/mol. The van der Waals surface area contributed by atoms with Crippen LogP contribution >= 0.6 is 23.2 Å². The molecule has 1 rings (SSSR count). The van der Waals surface area contributed by atoms with E-state index in [4.69, 9.17) is 28.9 Å². The average molecular weight is 184 g/mol. The third kappa shape index (κ3) is 1.30. The van der Waals surface area contributed by atoms with E-state index in [2.05, 4.69) is 9.97 Å². The fourth-order valence-corrected chi connectivity index (χ4v) is 0.987. The second-order valence-electron chi connectivity index (χ2n) is 1.77. The Morgan fingerprint density at radius 1 is 1.30 bits per heavy atom. The van der Waals surface area contributed by atoms with Crippen molar-refractivity contribution >= 4 is 28.9 Å². The van der Waals surface area contributed by atoms with Gasteiger partial charge in [-0.15, -0.1) is 0 Å². The van der Waals surface area contributed by atoms with Crippen LogP contribution in [-0.2, 0) is 0 Å². The van der Waals surface area contributed by atoms with Gasteiger partial charge in [0.1, 0.15) is 11.5 Å². The van der Waals surface area contributed by atoms with Crippen molar-refractivity contribution in [2.45, 2.75) is 6.92 Å². The standard InChI is InChI=1S/C5H5Cl2N3/c1-2-9-4(6)3(8)5(7)10-2/h8H2,1H3/i2+2,4+2,5+2. The fourth-order valence-electron chi connectivity index (χ4n) is 0.515. The molecule has 0 spiro atoms. The highest BCUT2D eigenvalue weighted by molar-refractivity contribution is 6.37. The maximum absolute atomic E-state index is 5.56. The number of hydrogen-bond donors (Lipinski definition) is 1. The molecule has 5 heteroatoms. The van der Waals surface area contributed by atoms with E-state index in [9.17, 15) is 0 Å². The molecule has 0 saturated heterocycles. The van der Waals surface area contributed by atoms with E-state index in [1.165, 1.54) is 0 Å². The lowest BCUT2D eigenvalue weighted by Crippen LogP contribution is -1.96. The molecule has 0 saturated carbocycles. The molecule has 0 aliphatic rings. The number of nitrogens with zero attached hydrogens (tertiary/aromatic N) is 2. The lowest BCUT2D eigenvalue weighted by molar-refractivity contribution is 1.06. The molecule has 1 aromatic rings. The van der Waals surface area contributed by atoms with Crippen LogP contribution in [0.5, 0.6) is 0 Å². The molecule has 0 bridgehead atoms. The molecule has 3 nitrogen and oxygen atoms in total. The van der Waals surface area contributed by atoms with Gasteiger partial charge in [0, 0.05) is 0 Å². The summed E-state index contributed by atoms with van der Waals surface area (Å²) in [6.45, 7) is 1.69. The molecule has 2 N–H and O–H groups in total. The number of halogens is 2. The summed E-state index contributed by atoms with van der Waals surface area (Å²) in [4.78, 5) is 7.56. The Morgan fingerprint density at radius 3 is 2.10 bits per heavy atom. The molecule has 0 radical (unpaired) electrons. The summed E-state index contributed by atoms with van der Waals surface area (Å²) < 4.78 is 0. The zero-order valence-electron chi connectivity index (χ0n) is 5.23. The Balaban J connectivity index is 3.31. The first-order chi connectivity index (χ1) is 4.61.